The van der Waals surface area contributed by atoms with E-state index in [4.69, 9.17) is 11.5 Å². The lowest BCUT2D eigenvalue weighted by Gasteiger charge is -2.26. The Hall–Kier alpha value is -3.71. The highest BCUT2D eigenvalue weighted by atomic mass is 16.4. The Morgan fingerprint density at radius 1 is 0.944 bits per heavy atom. The highest BCUT2D eigenvalue weighted by molar-refractivity contribution is 5.94. The number of phenols is 1. The van der Waals surface area contributed by atoms with Crippen molar-refractivity contribution in [3.8, 4) is 5.75 Å². The Kier molecular flexibility index (Phi) is 12.3. The van der Waals surface area contributed by atoms with Crippen molar-refractivity contribution in [2.24, 2.45) is 17.4 Å². The largest absolute Gasteiger partial charge is 0.508 e. The number of hydrogen-bond acceptors (Lipinski definition) is 8. The molecule has 0 radical (unpaired) electrons. The standard InChI is InChI=1S/C23H35N5O8/c1-3-12(2)19(23(35)36)28-21(33)16(10-13-4-6-14(30)7-5-13)26-22(34)17(11-29)27-20(32)15(24)8-9-18(25)31/h4-7,12,15-17,19,29-30H,3,8-11,24H2,1-2H3,(H2,25,31)(H,26,34)(H,27,32)(H,28,33)(H,35,36). The molecule has 36 heavy (non-hydrogen) atoms. The number of hydrogen-bond donors (Lipinski definition) is 8. The summed E-state index contributed by atoms with van der Waals surface area (Å²) in [6.07, 6.45) is 0.176. The van der Waals surface area contributed by atoms with Gasteiger partial charge in [0.25, 0.3) is 0 Å². The number of nitrogens with one attached hydrogen (secondary N) is 3. The van der Waals surface area contributed by atoms with E-state index in [0.29, 0.717) is 12.0 Å². The zero-order chi connectivity index (χ0) is 27.4. The van der Waals surface area contributed by atoms with Gasteiger partial charge in [0.15, 0.2) is 0 Å². The molecule has 5 unspecified atom stereocenters. The van der Waals surface area contributed by atoms with Crippen molar-refractivity contribution in [2.75, 3.05) is 6.61 Å². The molecule has 0 fully saturated rings. The highest BCUT2D eigenvalue weighted by Gasteiger charge is 2.32. The first-order valence-corrected chi connectivity index (χ1v) is 11.5. The van der Waals surface area contributed by atoms with Gasteiger partial charge in [0.2, 0.25) is 23.6 Å². The van der Waals surface area contributed by atoms with Gasteiger partial charge in [-0.15, -0.1) is 0 Å². The molecule has 0 spiro atoms. The summed E-state index contributed by atoms with van der Waals surface area (Å²) in [6, 6.07) is 0.688. The van der Waals surface area contributed by atoms with Gasteiger partial charge in [-0.3, -0.25) is 19.2 Å². The Bertz CT molecular complexity index is 924. The fraction of sp³-hybridized carbons (Fsp3) is 0.522. The minimum absolute atomic E-state index is 0.0118. The molecule has 0 heterocycles. The molecule has 10 N–H and O–H groups in total. The number of rotatable bonds is 15. The SMILES string of the molecule is CCC(C)C(NC(=O)C(Cc1ccc(O)cc1)NC(=O)C(CO)NC(=O)C(N)CCC(N)=O)C(=O)O. The van der Waals surface area contributed by atoms with E-state index < -0.39 is 66.3 Å². The number of primary amides is 1. The van der Waals surface area contributed by atoms with Crippen LogP contribution in [0.25, 0.3) is 0 Å². The molecular formula is C23H35N5O8. The van der Waals surface area contributed by atoms with Crippen LogP contribution in [0.1, 0.15) is 38.7 Å². The zero-order valence-electron chi connectivity index (χ0n) is 20.3. The molecule has 0 aliphatic carbocycles. The summed E-state index contributed by atoms with van der Waals surface area (Å²) in [6.45, 7) is 2.61. The van der Waals surface area contributed by atoms with Crippen LogP contribution in [0.3, 0.4) is 0 Å². The maximum Gasteiger partial charge on any atom is 0.326 e. The lowest BCUT2D eigenvalue weighted by molar-refractivity contribution is -0.144. The van der Waals surface area contributed by atoms with Crippen LogP contribution in [0, 0.1) is 5.92 Å². The molecule has 5 atom stereocenters. The molecule has 0 bridgehead atoms. The normalized spacial score (nSPS) is 15.0. The van der Waals surface area contributed by atoms with Crippen LogP contribution < -0.4 is 27.4 Å². The van der Waals surface area contributed by atoms with E-state index in [1.807, 2.05) is 0 Å². The number of aromatic hydroxyl groups is 1. The lowest BCUT2D eigenvalue weighted by atomic mass is 9.98. The second-order valence-corrected chi connectivity index (χ2v) is 8.50. The van der Waals surface area contributed by atoms with E-state index in [2.05, 4.69) is 16.0 Å². The van der Waals surface area contributed by atoms with E-state index in [-0.39, 0.29) is 25.0 Å². The number of nitrogens with two attached hydrogens (primary N) is 2. The Labute approximate surface area is 208 Å². The zero-order valence-corrected chi connectivity index (χ0v) is 20.3. The van der Waals surface area contributed by atoms with Gasteiger partial charge < -0.3 is 42.7 Å². The van der Waals surface area contributed by atoms with Crippen LogP contribution in [0.4, 0.5) is 0 Å². The number of aliphatic hydroxyl groups excluding tert-OH is 1. The average Bonchev–Trinajstić information content (AvgIpc) is 2.83. The minimum atomic E-state index is -1.47. The summed E-state index contributed by atoms with van der Waals surface area (Å²) >= 11 is 0. The number of benzene rings is 1. The van der Waals surface area contributed by atoms with Crippen molar-refractivity contribution in [1.82, 2.24) is 16.0 Å². The third kappa shape index (κ3) is 9.88. The third-order valence-electron chi connectivity index (χ3n) is 5.64. The van der Waals surface area contributed by atoms with Crippen LogP contribution in [-0.4, -0.2) is 75.7 Å². The van der Waals surface area contributed by atoms with Crippen LogP contribution in [0.5, 0.6) is 5.75 Å². The van der Waals surface area contributed by atoms with Crippen molar-refractivity contribution in [2.45, 2.75) is 63.7 Å². The van der Waals surface area contributed by atoms with Crippen LogP contribution in [0.15, 0.2) is 24.3 Å². The first-order chi connectivity index (χ1) is 16.9. The van der Waals surface area contributed by atoms with E-state index in [9.17, 15) is 39.3 Å². The highest BCUT2D eigenvalue weighted by Crippen LogP contribution is 2.13. The number of phenolic OH excluding ortho intramolecular Hbond substituents is 1. The summed E-state index contributed by atoms with van der Waals surface area (Å²) in [5, 5.41) is 35.8. The molecule has 200 valence electrons. The fourth-order valence-electron chi connectivity index (χ4n) is 3.19. The number of carbonyl (C=O) groups excluding carboxylic acids is 4. The van der Waals surface area contributed by atoms with Gasteiger partial charge in [0.05, 0.1) is 12.6 Å². The molecule has 0 aromatic heterocycles. The second-order valence-electron chi connectivity index (χ2n) is 8.50. The van der Waals surface area contributed by atoms with Crippen molar-refractivity contribution >= 4 is 29.6 Å². The van der Waals surface area contributed by atoms with Crippen molar-refractivity contribution in [3.05, 3.63) is 29.8 Å². The van der Waals surface area contributed by atoms with E-state index >= 15 is 0 Å². The molecule has 13 nitrogen and oxygen atoms in total. The lowest BCUT2D eigenvalue weighted by Crippen LogP contribution is -2.59. The smallest absolute Gasteiger partial charge is 0.326 e. The number of aliphatic hydroxyl groups is 1. The van der Waals surface area contributed by atoms with Crippen molar-refractivity contribution in [1.29, 1.82) is 0 Å². The second kappa shape index (κ2) is 14.6. The van der Waals surface area contributed by atoms with Gasteiger partial charge in [0.1, 0.15) is 23.9 Å². The molecule has 4 amide bonds. The van der Waals surface area contributed by atoms with Crippen LogP contribution >= 0.6 is 0 Å². The molecule has 1 aromatic carbocycles. The van der Waals surface area contributed by atoms with Crippen LogP contribution in [0.2, 0.25) is 0 Å². The van der Waals surface area contributed by atoms with Gasteiger partial charge in [-0.2, -0.15) is 0 Å². The molecule has 1 rings (SSSR count). The van der Waals surface area contributed by atoms with Crippen molar-refractivity contribution < 1.29 is 39.3 Å². The first kappa shape index (κ1) is 30.3. The van der Waals surface area contributed by atoms with E-state index in [1.54, 1.807) is 13.8 Å². The van der Waals surface area contributed by atoms with E-state index in [1.165, 1.54) is 24.3 Å². The van der Waals surface area contributed by atoms with E-state index in [0.717, 1.165) is 0 Å². The Morgan fingerprint density at radius 3 is 2.00 bits per heavy atom. The average molecular weight is 510 g/mol. The van der Waals surface area contributed by atoms with Gasteiger partial charge in [-0.05, 0) is 30.0 Å². The molecule has 0 aliphatic heterocycles. The number of aliphatic carboxylic acids is 1. The fourth-order valence-corrected chi connectivity index (χ4v) is 3.19. The first-order valence-electron chi connectivity index (χ1n) is 11.5. The molecule has 0 saturated heterocycles. The topological polar surface area (TPSA) is 234 Å². The maximum atomic E-state index is 13.0. The van der Waals surface area contributed by atoms with Crippen LogP contribution in [-0.2, 0) is 30.4 Å². The Balaban J connectivity index is 3.04. The number of carboxylic acids is 1. The Morgan fingerprint density at radius 2 is 1.50 bits per heavy atom. The molecular weight excluding hydrogens is 474 g/mol. The summed E-state index contributed by atoms with van der Waals surface area (Å²) in [5.74, 6) is -4.82. The van der Waals surface area contributed by atoms with Gasteiger partial charge in [-0.1, -0.05) is 32.4 Å². The molecule has 0 aliphatic rings. The minimum Gasteiger partial charge on any atom is -0.508 e. The predicted octanol–water partition coefficient (Wildman–Crippen LogP) is -1.90. The van der Waals surface area contributed by atoms with Crippen molar-refractivity contribution in [3.63, 3.8) is 0 Å². The van der Waals surface area contributed by atoms with Gasteiger partial charge >= 0.3 is 5.97 Å². The summed E-state index contributed by atoms with van der Waals surface area (Å²) in [7, 11) is 0. The molecule has 0 saturated carbocycles. The summed E-state index contributed by atoms with van der Waals surface area (Å²) in [4.78, 5) is 60.7. The monoisotopic (exact) mass is 509 g/mol. The maximum absolute atomic E-state index is 13.0. The number of amides is 4. The van der Waals surface area contributed by atoms with Gasteiger partial charge in [0, 0.05) is 12.8 Å². The molecule has 13 heteroatoms. The predicted molar refractivity (Wildman–Crippen MR) is 128 cm³/mol. The number of carbonyl (C=O) groups is 5. The van der Waals surface area contributed by atoms with Gasteiger partial charge in [-0.25, -0.2) is 4.79 Å². The molecule has 1 aromatic rings. The summed E-state index contributed by atoms with van der Waals surface area (Å²) < 4.78 is 0. The quantitative estimate of drug-likeness (QED) is 0.132. The summed E-state index contributed by atoms with van der Waals surface area (Å²) in [5.41, 5.74) is 11.3. The number of carboxylic acid groups (broad SMARTS) is 1. The third-order valence-corrected chi connectivity index (χ3v) is 5.64.